The molecule has 1 unspecified atom stereocenters. The molecule has 0 saturated carbocycles. The number of rotatable bonds is 30. The smallest absolute Gasteiger partial charge is 0.285 e. The van der Waals surface area contributed by atoms with E-state index in [1.165, 1.54) is 19.3 Å². The monoisotopic (exact) mass is 1050 g/mol. The Labute approximate surface area is 438 Å². The van der Waals surface area contributed by atoms with Crippen molar-refractivity contribution in [3.63, 3.8) is 0 Å². The summed E-state index contributed by atoms with van der Waals surface area (Å²) in [6.07, 6.45) is 13.4. The van der Waals surface area contributed by atoms with Gasteiger partial charge in [-0.1, -0.05) is 88.8 Å². The van der Waals surface area contributed by atoms with Gasteiger partial charge in [0.25, 0.3) is 44.0 Å². The summed E-state index contributed by atoms with van der Waals surface area (Å²) >= 11 is 0. The van der Waals surface area contributed by atoms with Gasteiger partial charge >= 0.3 is 0 Å². The average Bonchev–Trinajstić information content (AvgIpc) is 3.90. The largest absolute Gasteiger partial charge is 0.396 e. The maximum Gasteiger partial charge on any atom is 0.285 e. The number of benzene rings is 3. The van der Waals surface area contributed by atoms with Crippen molar-refractivity contribution in [3.05, 3.63) is 118 Å². The van der Waals surface area contributed by atoms with Crippen LogP contribution in [0.3, 0.4) is 0 Å². The quantitative estimate of drug-likeness (QED) is 0.0276. The van der Waals surface area contributed by atoms with Gasteiger partial charge in [0.2, 0.25) is 6.54 Å². The Bertz CT molecular complexity index is 2050. The Balaban J connectivity index is 0.000000287. The molecule has 3 aromatic rings. The highest BCUT2D eigenvalue weighted by Crippen LogP contribution is 2.46. The SMILES string of the molecule is CCCCCCO.CCCCCCON1C(=O)c2ccccc2C1=O.O=C1c2ccccc2C(=O)N1OCCCCCO.[C-]#[N+]CCOP(OCCCCCON1C(=O)c2ccccc2C1=O)N(C(C)C)C(C)C. The fourth-order valence-electron chi connectivity index (χ4n) is 7.61. The van der Waals surface area contributed by atoms with Gasteiger partial charge in [0.1, 0.15) is 6.61 Å². The Hall–Kier alpha value is -5.32. The Kier molecular flexibility index (Phi) is 30.5. The molecular formula is C55H78N5O13P. The molecule has 3 aliphatic heterocycles. The minimum Gasteiger partial charge on any atom is -0.396 e. The first-order valence-electron chi connectivity index (χ1n) is 26.0. The number of fused-ring (bicyclic) bond motifs is 3. The van der Waals surface area contributed by atoms with Gasteiger partial charge in [-0.3, -0.25) is 43.3 Å². The number of carbonyl (C=O) groups excluding carboxylic acids is 6. The first-order chi connectivity index (χ1) is 35.8. The van der Waals surface area contributed by atoms with Crippen molar-refractivity contribution < 1.29 is 62.5 Å². The molecule has 74 heavy (non-hydrogen) atoms. The zero-order chi connectivity index (χ0) is 54.3. The standard InChI is InChI=1S/C22H32N3O5P.C14H17NO3.C13H15NO4.C6H14O/c1-17(2)25(18(3)4)31(30-16-13-23-5)29-15-10-6-9-14-28-24-21(26)19-11-7-8-12-20(19)22(24)27;1-2-3-4-7-10-18-15-13(16)11-8-5-6-9-12(11)14(15)17;15-8-4-1-5-9-18-14-12(16)10-6-2-3-7-11(10)13(14)17;1-2-3-4-5-6-7/h7-8,11-12,17-18H,6,9-10,13-16H2,1-4H3;5-6,8-9H,2-4,7,10H2,1H3;2-3,6-7,15H,1,4-5,8-9H2;7H,2-6H2,1H3. The zero-order valence-corrected chi connectivity index (χ0v) is 45.1. The van der Waals surface area contributed by atoms with Crippen LogP contribution < -0.4 is 0 Å². The molecule has 0 saturated heterocycles. The van der Waals surface area contributed by atoms with Gasteiger partial charge in [0.05, 0.1) is 59.8 Å². The predicted octanol–water partition coefficient (Wildman–Crippen LogP) is 10.4. The van der Waals surface area contributed by atoms with Crippen LogP contribution in [0.5, 0.6) is 0 Å². The lowest BCUT2D eigenvalue weighted by Gasteiger charge is -2.35. The van der Waals surface area contributed by atoms with E-state index in [0.29, 0.717) is 92.2 Å². The molecule has 0 bridgehead atoms. The zero-order valence-electron chi connectivity index (χ0n) is 44.2. The van der Waals surface area contributed by atoms with E-state index in [0.717, 1.165) is 66.6 Å². The molecule has 0 spiro atoms. The maximum absolute atomic E-state index is 12.3. The van der Waals surface area contributed by atoms with Crippen LogP contribution in [-0.4, -0.2) is 130 Å². The molecule has 0 radical (unpaired) electrons. The third-order valence-corrected chi connectivity index (χ3v) is 13.5. The van der Waals surface area contributed by atoms with Crippen molar-refractivity contribution in [3.8, 4) is 0 Å². The molecule has 3 aromatic carbocycles. The van der Waals surface area contributed by atoms with Crippen LogP contribution in [0.4, 0.5) is 0 Å². The van der Waals surface area contributed by atoms with Crippen LogP contribution in [0.25, 0.3) is 4.85 Å². The molecule has 6 amide bonds. The van der Waals surface area contributed by atoms with E-state index >= 15 is 0 Å². The summed E-state index contributed by atoms with van der Waals surface area (Å²) in [4.78, 5) is 91.3. The normalized spacial score (nSPS) is 13.9. The number of carbonyl (C=O) groups is 6. The summed E-state index contributed by atoms with van der Waals surface area (Å²) < 4.78 is 14.1. The van der Waals surface area contributed by atoms with Crippen LogP contribution in [0.15, 0.2) is 72.8 Å². The molecule has 406 valence electrons. The second kappa shape index (κ2) is 35.8. The fourth-order valence-corrected chi connectivity index (χ4v) is 9.23. The van der Waals surface area contributed by atoms with E-state index in [1.807, 2.05) is 0 Å². The van der Waals surface area contributed by atoms with Crippen molar-refractivity contribution >= 4 is 44.0 Å². The van der Waals surface area contributed by atoms with Crippen molar-refractivity contribution in [2.75, 3.05) is 52.8 Å². The third kappa shape index (κ3) is 19.8. The van der Waals surface area contributed by atoms with Gasteiger partial charge in [-0.05, 0) is 115 Å². The highest BCUT2D eigenvalue weighted by Gasteiger charge is 2.38. The number of imide groups is 3. The third-order valence-electron chi connectivity index (χ3n) is 11.4. The minimum absolute atomic E-state index is 0.146. The Morgan fingerprint density at radius 3 is 1.04 bits per heavy atom. The van der Waals surface area contributed by atoms with E-state index in [-0.39, 0.29) is 37.1 Å². The van der Waals surface area contributed by atoms with E-state index in [9.17, 15) is 28.8 Å². The molecule has 0 fully saturated rings. The van der Waals surface area contributed by atoms with Crippen LogP contribution in [-0.2, 0) is 23.6 Å². The highest BCUT2D eigenvalue weighted by molar-refractivity contribution is 7.44. The highest BCUT2D eigenvalue weighted by atomic mass is 31.2. The van der Waals surface area contributed by atoms with Crippen molar-refractivity contribution in [1.82, 2.24) is 19.9 Å². The Morgan fingerprint density at radius 1 is 0.459 bits per heavy atom. The van der Waals surface area contributed by atoms with E-state index in [2.05, 4.69) is 51.1 Å². The number of aliphatic hydroxyl groups is 2. The van der Waals surface area contributed by atoms with Gasteiger partial charge in [-0.2, -0.15) is 0 Å². The number of hydroxylamine groups is 6. The number of unbranched alkanes of at least 4 members (excludes halogenated alkanes) is 10. The van der Waals surface area contributed by atoms with Crippen molar-refractivity contribution in [2.45, 2.75) is 144 Å². The molecular weight excluding hydrogens is 970 g/mol. The van der Waals surface area contributed by atoms with Gasteiger partial charge in [-0.15, -0.1) is 15.2 Å². The van der Waals surface area contributed by atoms with Crippen LogP contribution >= 0.6 is 8.53 Å². The van der Waals surface area contributed by atoms with Crippen LogP contribution in [0.1, 0.15) is 194 Å². The summed E-state index contributed by atoms with van der Waals surface area (Å²) in [5.41, 5.74) is 2.39. The van der Waals surface area contributed by atoms with E-state index in [1.54, 1.807) is 72.8 Å². The summed E-state index contributed by atoms with van der Waals surface area (Å²) in [6, 6.07) is 20.7. The molecule has 19 heteroatoms. The van der Waals surface area contributed by atoms with Crippen molar-refractivity contribution in [2.24, 2.45) is 0 Å². The van der Waals surface area contributed by atoms with Gasteiger partial charge in [0.15, 0.2) is 0 Å². The lowest BCUT2D eigenvalue weighted by atomic mass is 10.1. The molecule has 18 nitrogen and oxygen atoms in total. The first-order valence-corrected chi connectivity index (χ1v) is 27.1. The summed E-state index contributed by atoms with van der Waals surface area (Å²) in [5.74, 6) is -2.34. The number of hydrogen-bond acceptors (Lipinski definition) is 14. The lowest BCUT2D eigenvalue weighted by molar-refractivity contribution is -0.0925. The number of nitrogens with zero attached hydrogens (tertiary/aromatic N) is 5. The minimum atomic E-state index is -1.22. The van der Waals surface area contributed by atoms with Gasteiger partial charge in [0, 0.05) is 25.3 Å². The molecule has 0 aromatic heterocycles. The topological polar surface area (TPSA) is 206 Å². The molecule has 6 rings (SSSR count). The van der Waals surface area contributed by atoms with Gasteiger partial charge < -0.3 is 24.1 Å². The van der Waals surface area contributed by atoms with Crippen LogP contribution in [0.2, 0.25) is 0 Å². The van der Waals surface area contributed by atoms with Crippen LogP contribution in [0, 0.1) is 6.57 Å². The number of hydrogen-bond donors (Lipinski definition) is 2. The first kappa shape index (κ1) is 63.0. The fraction of sp³-hybridized carbons (Fsp3) is 0.545. The van der Waals surface area contributed by atoms with Crippen molar-refractivity contribution in [1.29, 1.82) is 0 Å². The second-order valence-electron chi connectivity index (χ2n) is 17.9. The predicted molar refractivity (Wildman–Crippen MR) is 281 cm³/mol. The summed E-state index contributed by atoms with van der Waals surface area (Å²) in [5, 5.41) is 19.5. The number of aliphatic hydroxyl groups excluding tert-OH is 2. The second-order valence-corrected chi connectivity index (χ2v) is 19.3. The van der Waals surface area contributed by atoms with E-state index < -0.39 is 32.2 Å². The van der Waals surface area contributed by atoms with Gasteiger partial charge in [-0.25, -0.2) is 11.2 Å². The lowest BCUT2D eigenvalue weighted by Crippen LogP contribution is -2.33. The maximum atomic E-state index is 12.3. The average molecular weight is 1050 g/mol. The molecule has 2 N–H and O–H groups in total. The van der Waals surface area contributed by atoms with E-state index in [4.69, 9.17) is 40.3 Å². The summed E-state index contributed by atoms with van der Waals surface area (Å²) in [6.45, 7) is 22.3. The Morgan fingerprint density at radius 2 is 0.743 bits per heavy atom. The molecule has 3 aliphatic rings. The molecule has 3 heterocycles. The molecule has 0 aliphatic carbocycles. The number of amides is 6. The molecule has 1 atom stereocenters. The summed E-state index contributed by atoms with van der Waals surface area (Å²) in [7, 11) is -1.22.